The zero-order valence-electron chi connectivity index (χ0n) is 8.68. The third-order valence-electron chi connectivity index (χ3n) is 2.20. The Labute approximate surface area is 95.6 Å². The van der Waals surface area contributed by atoms with Crippen LogP contribution >= 0.6 is 0 Å². The second kappa shape index (κ2) is 4.60. The predicted octanol–water partition coefficient (Wildman–Crippen LogP) is 2.07. The van der Waals surface area contributed by atoms with Crippen molar-refractivity contribution in [1.82, 2.24) is 10.2 Å². The van der Waals surface area contributed by atoms with E-state index < -0.39 is 10.7 Å². The molecule has 2 N–H and O–H groups in total. The number of nitro groups is 1. The summed E-state index contributed by atoms with van der Waals surface area (Å²) in [5, 5.41) is 19.6. The molecule has 0 fully saturated rings. The molecule has 0 aliphatic rings. The van der Waals surface area contributed by atoms with Crippen molar-refractivity contribution in [2.45, 2.75) is 6.54 Å². The van der Waals surface area contributed by atoms with Crippen LogP contribution in [0.25, 0.3) is 0 Å². The Morgan fingerprint density at radius 1 is 1.53 bits per heavy atom. The maximum Gasteiger partial charge on any atom is 0.272 e. The summed E-state index contributed by atoms with van der Waals surface area (Å²) in [7, 11) is 0. The molecule has 0 atom stereocenters. The van der Waals surface area contributed by atoms with E-state index in [9.17, 15) is 14.5 Å². The quantitative estimate of drug-likeness (QED) is 0.628. The van der Waals surface area contributed by atoms with Crippen LogP contribution in [0.15, 0.2) is 30.6 Å². The summed E-state index contributed by atoms with van der Waals surface area (Å²) in [4.78, 5) is 9.78. The topological polar surface area (TPSA) is 83.8 Å². The van der Waals surface area contributed by atoms with Gasteiger partial charge in [-0.15, -0.1) is 0 Å². The van der Waals surface area contributed by atoms with E-state index in [2.05, 4.69) is 15.5 Å². The lowest BCUT2D eigenvalue weighted by Gasteiger charge is -2.05. The van der Waals surface area contributed by atoms with Gasteiger partial charge in [0.15, 0.2) is 5.82 Å². The second-order valence-electron chi connectivity index (χ2n) is 3.38. The molecule has 88 valence electrons. The number of nitrogens with zero attached hydrogens (tertiary/aromatic N) is 2. The third kappa shape index (κ3) is 2.57. The van der Waals surface area contributed by atoms with Crippen molar-refractivity contribution in [1.29, 1.82) is 0 Å². The highest BCUT2D eigenvalue weighted by atomic mass is 19.1. The van der Waals surface area contributed by atoms with E-state index in [0.717, 1.165) is 11.6 Å². The molecule has 0 saturated heterocycles. The molecule has 0 bridgehead atoms. The van der Waals surface area contributed by atoms with Crippen molar-refractivity contribution in [3.05, 3.63) is 52.1 Å². The SMILES string of the molecule is O=[N+]([O-])c1ccc(NCc2cn[nH]c2)c(F)c1. The summed E-state index contributed by atoms with van der Waals surface area (Å²) in [6, 6.07) is 3.48. The highest BCUT2D eigenvalue weighted by molar-refractivity contribution is 5.50. The van der Waals surface area contributed by atoms with Crippen LogP contribution in [0, 0.1) is 15.9 Å². The Bertz CT molecular complexity index is 527. The summed E-state index contributed by atoms with van der Waals surface area (Å²) < 4.78 is 13.4. The van der Waals surface area contributed by atoms with Crippen LogP contribution in [0.2, 0.25) is 0 Å². The third-order valence-corrected chi connectivity index (χ3v) is 2.20. The fourth-order valence-corrected chi connectivity index (χ4v) is 1.33. The van der Waals surface area contributed by atoms with Gasteiger partial charge < -0.3 is 5.32 Å². The van der Waals surface area contributed by atoms with Crippen LogP contribution in [0.1, 0.15) is 5.56 Å². The normalized spacial score (nSPS) is 10.2. The number of aromatic amines is 1. The van der Waals surface area contributed by atoms with Gasteiger partial charge in [0.05, 0.1) is 22.9 Å². The first-order chi connectivity index (χ1) is 8.16. The maximum atomic E-state index is 13.4. The number of benzene rings is 1. The number of rotatable bonds is 4. The highest BCUT2D eigenvalue weighted by Crippen LogP contribution is 2.20. The van der Waals surface area contributed by atoms with Gasteiger partial charge in [0.25, 0.3) is 5.69 Å². The standard InChI is InChI=1S/C10H9FN4O2/c11-9-3-8(15(16)17)1-2-10(9)12-4-7-5-13-14-6-7/h1-3,5-6,12H,4H2,(H,13,14). The number of non-ortho nitro benzene ring substituents is 1. The number of nitro benzene ring substituents is 1. The number of anilines is 1. The average molecular weight is 236 g/mol. The Balaban J connectivity index is 2.09. The summed E-state index contributed by atoms with van der Waals surface area (Å²) in [6.07, 6.45) is 3.28. The number of H-pyrrole nitrogens is 1. The van der Waals surface area contributed by atoms with E-state index in [4.69, 9.17) is 0 Å². The summed E-state index contributed by atoms with van der Waals surface area (Å²) in [5.41, 5.74) is 0.816. The van der Waals surface area contributed by atoms with Crippen LogP contribution in [0.5, 0.6) is 0 Å². The van der Waals surface area contributed by atoms with Gasteiger partial charge in [-0.3, -0.25) is 15.2 Å². The Morgan fingerprint density at radius 3 is 2.94 bits per heavy atom. The van der Waals surface area contributed by atoms with Gasteiger partial charge >= 0.3 is 0 Å². The first kappa shape index (κ1) is 11.1. The van der Waals surface area contributed by atoms with E-state index >= 15 is 0 Å². The van der Waals surface area contributed by atoms with Crippen LogP contribution in [0.3, 0.4) is 0 Å². The van der Waals surface area contributed by atoms with Gasteiger partial charge in [-0.2, -0.15) is 5.10 Å². The summed E-state index contributed by atoms with van der Waals surface area (Å²) >= 11 is 0. The Hall–Kier alpha value is -2.44. The monoisotopic (exact) mass is 236 g/mol. The molecule has 17 heavy (non-hydrogen) atoms. The minimum absolute atomic E-state index is 0.219. The minimum Gasteiger partial charge on any atom is -0.378 e. The van der Waals surface area contributed by atoms with Gasteiger partial charge in [0, 0.05) is 24.4 Å². The first-order valence-electron chi connectivity index (χ1n) is 4.82. The van der Waals surface area contributed by atoms with E-state index in [1.807, 2.05) is 0 Å². The molecular weight excluding hydrogens is 227 g/mol. The van der Waals surface area contributed by atoms with Crippen LogP contribution < -0.4 is 5.32 Å². The van der Waals surface area contributed by atoms with Crippen molar-refractivity contribution >= 4 is 11.4 Å². The molecule has 7 heteroatoms. The molecule has 1 aromatic heterocycles. The van der Waals surface area contributed by atoms with Crippen molar-refractivity contribution < 1.29 is 9.31 Å². The predicted molar refractivity (Wildman–Crippen MR) is 59.0 cm³/mol. The first-order valence-corrected chi connectivity index (χ1v) is 4.82. The van der Waals surface area contributed by atoms with E-state index in [1.165, 1.54) is 12.1 Å². The molecule has 0 aliphatic heterocycles. The van der Waals surface area contributed by atoms with Gasteiger partial charge in [-0.1, -0.05) is 0 Å². The van der Waals surface area contributed by atoms with Gasteiger partial charge in [0.2, 0.25) is 0 Å². The fraction of sp³-hybridized carbons (Fsp3) is 0.100. The second-order valence-corrected chi connectivity index (χ2v) is 3.38. The molecule has 0 saturated carbocycles. The van der Waals surface area contributed by atoms with Gasteiger partial charge in [0.1, 0.15) is 0 Å². The molecule has 2 rings (SSSR count). The lowest BCUT2D eigenvalue weighted by atomic mass is 10.2. The highest BCUT2D eigenvalue weighted by Gasteiger charge is 2.10. The molecule has 6 nitrogen and oxygen atoms in total. The van der Waals surface area contributed by atoms with E-state index in [0.29, 0.717) is 6.54 Å². The summed E-state index contributed by atoms with van der Waals surface area (Å²) in [5.74, 6) is -0.650. The number of halogens is 1. The molecule has 0 aliphatic carbocycles. The Morgan fingerprint density at radius 2 is 2.35 bits per heavy atom. The molecule has 0 amide bonds. The van der Waals surface area contributed by atoms with Crippen molar-refractivity contribution in [3.8, 4) is 0 Å². The smallest absolute Gasteiger partial charge is 0.272 e. The zero-order valence-corrected chi connectivity index (χ0v) is 8.68. The number of nitrogens with one attached hydrogen (secondary N) is 2. The van der Waals surface area contributed by atoms with Gasteiger partial charge in [-0.25, -0.2) is 4.39 Å². The average Bonchev–Trinajstić information content (AvgIpc) is 2.80. The molecule has 0 unspecified atom stereocenters. The Kier molecular flexibility index (Phi) is 2.99. The van der Waals surface area contributed by atoms with E-state index in [-0.39, 0.29) is 11.4 Å². The molecule has 0 radical (unpaired) electrons. The molecule has 1 aromatic carbocycles. The molecule has 0 spiro atoms. The van der Waals surface area contributed by atoms with Gasteiger partial charge in [-0.05, 0) is 6.07 Å². The van der Waals surface area contributed by atoms with Crippen LogP contribution in [-0.4, -0.2) is 15.1 Å². The molecule has 2 aromatic rings. The summed E-state index contributed by atoms with van der Waals surface area (Å²) in [6.45, 7) is 0.394. The minimum atomic E-state index is -0.650. The largest absolute Gasteiger partial charge is 0.378 e. The lowest BCUT2D eigenvalue weighted by molar-refractivity contribution is -0.385. The zero-order chi connectivity index (χ0) is 12.3. The van der Waals surface area contributed by atoms with Crippen molar-refractivity contribution in [3.63, 3.8) is 0 Å². The lowest BCUT2D eigenvalue weighted by Crippen LogP contribution is -2.01. The number of aromatic nitrogens is 2. The molecular formula is C10H9FN4O2. The maximum absolute atomic E-state index is 13.4. The van der Waals surface area contributed by atoms with Crippen LogP contribution in [-0.2, 0) is 6.54 Å². The van der Waals surface area contributed by atoms with Crippen molar-refractivity contribution in [2.75, 3.05) is 5.32 Å². The molecule has 1 heterocycles. The van der Waals surface area contributed by atoms with E-state index in [1.54, 1.807) is 12.4 Å². The number of hydrogen-bond donors (Lipinski definition) is 2. The van der Waals surface area contributed by atoms with Crippen molar-refractivity contribution in [2.24, 2.45) is 0 Å². The van der Waals surface area contributed by atoms with Crippen LogP contribution in [0.4, 0.5) is 15.8 Å². The fourth-order valence-electron chi connectivity index (χ4n) is 1.33. The number of hydrogen-bond acceptors (Lipinski definition) is 4.